The number of nitrogens with zero attached hydrogens (tertiary/aromatic N) is 2. The highest BCUT2D eigenvalue weighted by atomic mass is 35.5. The molecule has 11 heteroatoms. The lowest BCUT2D eigenvalue weighted by atomic mass is 9.91. The first kappa shape index (κ1) is 27.1. The van der Waals surface area contributed by atoms with Gasteiger partial charge in [0.05, 0.1) is 29.0 Å². The van der Waals surface area contributed by atoms with E-state index < -0.39 is 16.0 Å². The van der Waals surface area contributed by atoms with Crippen LogP contribution < -0.4 is 10.2 Å². The van der Waals surface area contributed by atoms with Crippen molar-refractivity contribution in [3.63, 3.8) is 0 Å². The van der Waals surface area contributed by atoms with Crippen molar-refractivity contribution in [2.75, 3.05) is 29.6 Å². The number of aromatic nitrogens is 1. The summed E-state index contributed by atoms with van der Waals surface area (Å²) in [5.74, 6) is -0.376. The Morgan fingerprint density at radius 3 is 2.62 bits per heavy atom. The van der Waals surface area contributed by atoms with Gasteiger partial charge in [-0.2, -0.15) is 8.42 Å². The van der Waals surface area contributed by atoms with Crippen molar-refractivity contribution in [1.29, 1.82) is 0 Å². The van der Waals surface area contributed by atoms with Crippen LogP contribution >= 0.6 is 23.2 Å². The van der Waals surface area contributed by atoms with Gasteiger partial charge in [-0.05, 0) is 73.2 Å². The number of anilines is 2. The molecule has 194 valence electrons. The van der Waals surface area contributed by atoms with Crippen LogP contribution in [0, 0.1) is 0 Å². The van der Waals surface area contributed by atoms with Gasteiger partial charge in [-0.3, -0.25) is 13.8 Å². The third kappa shape index (κ3) is 6.87. The number of pyridine rings is 1. The minimum atomic E-state index is -3.54. The lowest BCUT2D eigenvalue weighted by Gasteiger charge is -2.24. The summed E-state index contributed by atoms with van der Waals surface area (Å²) in [6.45, 7) is 0.524. The van der Waals surface area contributed by atoms with Gasteiger partial charge >= 0.3 is 0 Å². The van der Waals surface area contributed by atoms with E-state index >= 15 is 0 Å². The van der Waals surface area contributed by atoms with Gasteiger partial charge in [0.2, 0.25) is 0 Å². The lowest BCUT2D eigenvalue weighted by molar-refractivity contribution is 0.0985. The fourth-order valence-corrected chi connectivity index (χ4v) is 5.10. The zero-order valence-corrected chi connectivity index (χ0v) is 22.3. The summed E-state index contributed by atoms with van der Waals surface area (Å²) in [5.41, 5.74) is 2.26. The molecular weight excluding hydrogens is 537 g/mol. The molecule has 0 saturated carbocycles. The van der Waals surface area contributed by atoms with E-state index in [1.807, 2.05) is 6.07 Å². The number of halogens is 2. The number of carbonyl (C=O) groups is 2. The second-order valence-corrected chi connectivity index (χ2v) is 11.2. The number of amides is 2. The average Bonchev–Trinajstić information content (AvgIpc) is 3.03. The van der Waals surface area contributed by atoms with Crippen LogP contribution in [0.5, 0.6) is 0 Å². The van der Waals surface area contributed by atoms with Crippen molar-refractivity contribution in [3.8, 4) is 0 Å². The van der Waals surface area contributed by atoms with Crippen LogP contribution in [0.4, 0.5) is 11.5 Å². The summed E-state index contributed by atoms with van der Waals surface area (Å²) < 4.78 is 27.7. The minimum absolute atomic E-state index is 0.0197. The molecule has 0 radical (unpaired) electrons. The average molecular weight is 562 g/mol. The Hall–Kier alpha value is -2.98. The second-order valence-electron chi connectivity index (χ2n) is 8.68. The van der Waals surface area contributed by atoms with E-state index in [2.05, 4.69) is 10.3 Å². The summed E-state index contributed by atoms with van der Waals surface area (Å²) >= 11 is 12.4. The number of benzene rings is 2. The molecule has 4 rings (SSSR count). The first-order valence-electron chi connectivity index (χ1n) is 11.6. The molecule has 1 N–H and O–H groups in total. The Morgan fingerprint density at radius 1 is 1.14 bits per heavy atom. The zero-order chi connectivity index (χ0) is 26.6. The van der Waals surface area contributed by atoms with Gasteiger partial charge < -0.3 is 10.2 Å². The monoisotopic (exact) mass is 561 g/mol. The molecule has 1 aliphatic heterocycles. The molecule has 8 nitrogen and oxygen atoms in total. The van der Waals surface area contributed by atoms with Gasteiger partial charge in [-0.25, -0.2) is 4.98 Å². The molecule has 37 heavy (non-hydrogen) atoms. The van der Waals surface area contributed by atoms with Gasteiger partial charge in [0.1, 0.15) is 5.82 Å². The molecule has 1 atom stereocenters. The Morgan fingerprint density at radius 2 is 1.92 bits per heavy atom. The predicted octanol–water partition coefficient (Wildman–Crippen LogP) is 5.53. The van der Waals surface area contributed by atoms with Crippen molar-refractivity contribution in [2.24, 2.45) is 0 Å². The first-order chi connectivity index (χ1) is 17.6. The third-order valence-electron chi connectivity index (χ3n) is 6.03. The number of nitrogens with one attached hydrogen (secondary N) is 1. The molecule has 1 aliphatic rings. The van der Waals surface area contributed by atoms with Crippen LogP contribution in [0.15, 0.2) is 60.8 Å². The van der Waals surface area contributed by atoms with E-state index in [0.29, 0.717) is 46.2 Å². The lowest BCUT2D eigenvalue weighted by Crippen LogP contribution is -2.32. The van der Waals surface area contributed by atoms with E-state index in [1.54, 1.807) is 53.4 Å². The fourth-order valence-electron chi connectivity index (χ4n) is 4.30. The molecule has 1 aromatic heterocycles. The zero-order valence-electron chi connectivity index (χ0n) is 20.0. The van der Waals surface area contributed by atoms with Gasteiger partial charge in [0, 0.05) is 23.5 Å². The van der Waals surface area contributed by atoms with Gasteiger partial charge in [0.25, 0.3) is 21.9 Å². The summed E-state index contributed by atoms with van der Waals surface area (Å²) in [5, 5.41) is 3.54. The highest BCUT2D eigenvalue weighted by Gasteiger charge is 2.28. The number of fused-ring (bicyclic) bond motifs is 1. The van der Waals surface area contributed by atoms with E-state index in [1.165, 1.54) is 6.20 Å². The molecule has 2 amide bonds. The van der Waals surface area contributed by atoms with Gasteiger partial charge in [-0.15, -0.1) is 0 Å². The Balaban J connectivity index is 1.52. The van der Waals surface area contributed by atoms with Gasteiger partial charge in [-0.1, -0.05) is 35.3 Å². The maximum atomic E-state index is 13.5. The predicted molar refractivity (Wildman–Crippen MR) is 144 cm³/mol. The Labute approximate surface area is 225 Å². The van der Waals surface area contributed by atoms with E-state index in [4.69, 9.17) is 27.4 Å². The van der Waals surface area contributed by atoms with Gasteiger partial charge in [0.15, 0.2) is 0 Å². The molecule has 3 aromatic rings. The van der Waals surface area contributed by atoms with Crippen molar-refractivity contribution in [3.05, 3.63) is 87.5 Å². The molecule has 0 aliphatic carbocycles. The molecule has 2 aromatic carbocycles. The number of rotatable bonds is 7. The molecule has 0 fully saturated rings. The van der Waals surface area contributed by atoms with Crippen molar-refractivity contribution < 1.29 is 22.2 Å². The minimum Gasteiger partial charge on any atom is -0.308 e. The maximum Gasteiger partial charge on any atom is 0.264 e. The summed E-state index contributed by atoms with van der Waals surface area (Å²) in [6, 6.07) is 15.2. The standard InChI is InChI=1S/C26H25Cl2N3O5S/c1-37(34,35)36-14-12-17-5-4-13-31(23-10-9-19(27)15-21(17)23)26(33)18-8-11-24(29-16-18)30-25(32)20-6-2-3-7-22(20)28/h2-3,6-11,15-17H,4-5,12-14H2,1H3,(H,29,30,32). The first-order valence-corrected chi connectivity index (χ1v) is 14.2. The third-order valence-corrected chi connectivity index (χ3v) is 7.19. The molecule has 0 bridgehead atoms. The van der Waals surface area contributed by atoms with Crippen molar-refractivity contribution in [2.45, 2.75) is 25.2 Å². The van der Waals surface area contributed by atoms with Crippen LogP contribution in [-0.2, 0) is 14.3 Å². The number of hydrogen-bond donors (Lipinski definition) is 1. The van der Waals surface area contributed by atoms with E-state index in [9.17, 15) is 18.0 Å². The summed E-state index contributed by atoms with van der Waals surface area (Å²) in [7, 11) is -3.54. The topological polar surface area (TPSA) is 106 Å². The maximum absolute atomic E-state index is 13.5. The molecule has 1 unspecified atom stereocenters. The largest absolute Gasteiger partial charge is 0.308 e. The number of hydrogen-bond acceptors (Lipinski definition) is 6. The smallest absolute Gasteiger partial charge is 0.264 e. The van der Waals surface area contributed by atoms with Crippen molar-refractivity contribution in [1.82, 2.24) is 4.98 Å². The SMILES string of the molecule is CS(=O)(=O)OCCC1CCCN(C(=O)c2ccc(NC(=O)c3ccccc3Cl)nc2)c2ccc(Cl)cc21. The normalized spacial score (nSPS) is 15.5. The quantitative estimate of drug-likeness (QED) is 0.380. The van der Waals surface area contributed by atoms with Crippen LogP contribution in [0.3, 0.4) is 0 Å². The van der Waals surface area contributed by atoms with E-state index in [-0.39, 0.29) is 24.2 Å². The van der Waals surface area contributed by atoms with E-state index in [0.717, 1.165) is 18.2 Å². The van der Waals surface area contributed by atoms with Crippen LogP contribution in [0.1, 0.15) is 51.5 Å². The molecule has 0 spiro atoms. The molecule has 0 saturated heterocycles. The highest BCUT2D eigenvalue weighted by molar-refractivity contribution is 7.85. The molecular formula is C26H25Cl2N3O5S. The Kier molecular flexibility index (Phi) is 8.49. The summed E-state index contributed by atoms with van der Waals surface area (Å²) in [6.07, 6.45) is 4.37. The van der Waals surface area contributed by atoms with Crippen LogP contribution in [-0.4, -0.2) is 44.6 Å². The second kappa shape index (κ2) is 11.6. The summed E-state index contributed by atoms with van der Waals surface area (Å²) in [4.78, 5) is 31.9. The fraction of sp³-hybridized carbons (Fsp3) is 0.269. The van der Waals surface area contributed by atoms with Crippen LogP contribution in [0.2, 0.25) is 10.0 Å². The number of carbonyl (C=O) groups excluding carboxylic acids is 2. The van der Waals surface area contributed by atoms with Crippen LogP contribution in [0.25, 0.3) is 0 Å². The van der Waals surface area contributed by atoms with Crippen molar-refractivity contribution >= 4 is 56.6 Å². The Bertz CT molecular complexity index is 1410. The highest BCUT2D eigenvalue weighted by Crippen LogP contribution is 2.38. The molecule has 2 heterocycles.